The van der Waals surface area contributed by atoms with Crippen molar-refractivity contribution in [3.63, 3.8) is 0 Å². The normalized spacial score (nSPS) is 16.5. The monoisotopic (exact) mass is 210 g/mol. The Morgan fingerprint density at radius 2 is 2.15 bits per heavy atom. The Bertz CT molecular complexity index is 246. The third-order valence-electron chi connectivity index (χ3n) is 1.49. The molecule has 0 aliphatic carbocycles. The molecule has 0 aromatic carbocycles. The highest BCUT2D eigenvalue weighted by Gasteiger charge is 2.29. The fraction of sp³-hybridized carbons (Fsp3) is 0.714. The minimum Gasteiger partial charge on any atom is -0.367 e. The molecule has 0 amide bonds. The minimum absolute atomic E-state index is 0.0349. The Morgan fingerprint density at radius 1 is 1.62 bits per heavy atom. The van der Waals surface area contributed by atoms with E-state index in [1.54, 1.807) is 0 Å². The molecule has 0 aromatic rings. The van der Waals surface area contributed by atoms with Crippen LogP contribution in [0.5, 0.6) is 0 Å². The van der Waals surface area contributed by atoms with Crippen LogP contribution in [0.15, 0.2) is 12.7 Å². The summed E-state index contributed by atoms with van der Waals surface area (Å²) in [7, 11) is -4.25. The molecule has 2 unspecified atom stereocenters. The van der Waals surface area contributed by atoms with E-state index in [-0.39, 0.29) is 13.0 Å². The van der Waals surface area contributed by atoms with Crippen molar-refractivity contribution in [1.29, 1.82) is 0 Å². The van der Waals surface area contributed by atoms with Crippen molar-refractivity contribution in [2.75, 3.05) is 6.61 Å². The summed E-state index contributed by atoms with van der Waals surface area (Å²) in [6.07, 6.45) is -0.0603. The summed E-state index contributed by atoms with van der Waals surface area (Å²) < 4.78 is 34.6. The molecule has 0 saturated carbocycles. The summed E-state index contributed by atoms with van der Waals surface area (Å²) in [5.74, 6) is 0. The zero-order chi connectivity index (χ0) is 10.5. The van der Waals surface area contributed by atoms with Gasteiger partial charge in [0.05, 0.1) is 6.61 Å². The number of hydrogen-bond donors (Lipinski definition) is 2. The molecular weight excluding hydrogens is 196 g/mol. The fourth-order valence-electron chi connectivity index (χ4n) is 0.833. The van der Waals surface area contributed by atoms with Crippen molar-refractivity contribution in [1.82, 2.24) is 0 Å². The molecular formula is C7H14O5S. The van der Waals surface area contributed by atoms with Gasteiger partial charge in [-0.3, -0.25) is 4.55 Å². The molecule has 0 bridgehead atoms. The molecule has 0 aliphatic heterocycles. The van der Waals surface area contributed by atoms with Gasteiger partial charge in [0.2, 0.25) is 0 Å². The van der Waals surface area contributed by atoms with Crippen LogP contribution in [-0.2, 0) is 14.9 Å². The first-order chi connectivity index (χ1) is 5.93. The van der Waals surface area contributed by atoms with Crippen molar-refractivity contribution < 1.29 is 22.8 Å². The van der Waals surface area contributed by atoms with Crippen LogP contribution in [0.2, 0.25) is 0 Å². The highest BCUT2D eigenvalue weighted by atomic mass is 32.2. The molecule has 78 valence electrons. The Hall–Kier alpha value is -0.430. The zero-order valence-electron chi connectivity index (χ0n) is 7.38. The van der Waals surface area contributed by atoms with Crippen molar-refractivity contribution in [2.24, 2.45) is 0 Å². The first-order valence-electron chi connectivity index (χ1n) is 3.80. The highest BCUT2D eigenvalue weighted by Crippen LogP contribution is 2.10. The highest BCUT2D eigenvalue weighted by molar-refractivity contribution is 7.86. The number of ether oxygens (including phenoxy) is 1. The average Bonchev–Trinajstić information content (AvgIpc) is 1.99. The second kappa shape index (κ2) is 5.33. The van der Waals surface area contributed by atoms with Crippen LogP contribution >= 0.6 is 0 Å². The minimum atomic E-state index is -4.25. The summed E-state index contributed by atoms with van der Waals surface area (Å²) in [6, 6.07) is 0. The van der Waals surface area contributed by atoms with Crippen LogP contribution in [0.3, 0.4) is 0 Å². The molecule has 13 heavy (non-hydrogen) atoms. The molecule has 5 nitrogen and oxygen atoms in total. The van der Waals surface area contributed by atoms with Crippen LogP contribution in [0.1, 0.15) is 13.3 Å². The zero-order valence-corrected chi connectivity index (χ0v) is 8.20. The van der Waals surface area contributed by atoms with Crippen molar-refractivity contribution in [2.45, 2.75) is 24.9 Å². The summed E-state index contributed by atoms with van der Waals surface area (Å²) in [5, 5.41) is 7.87. The Morgan fingerprint density at radius 3 is 2.46 bits per heavy atom. The molecule has 0 saturated heterocycles. The van der Waals surface area contributed by atoms with Gasteiger partial charge in [-0.1, -0.05) is 13.0 Å². The Balaban J connectivity index is 4.32. The summed E-state index contributed by atoms with van der Waals surface area (Å²) >= 11 is 0. The van der Waals surface area contributed by atoms with E-state index in [2.05, 4.69) is 11.3 Å². The van der Waals surface area contributed by atoms with E-state index in [9.17, 15) is 8.42 Å². The lowest BCUT2D eigenvalue weighted by atomic mass is 10.3. The van der Waals surface area contributed by atoms with E-state index in [0.29, 0.717) is 0 Å². The molecule has 0 rings (SSSR count). The summed E-state index contributed by atoms with van der Waals surface area (Å²) in [5.41, 5.74) is 0. The molecule has 0 aromatic heterocycles. The standard InChI is InChI=1S/C7H14O5S/c1-3-5-12-7(8)6(4-2)13(9,10)11/h3,6-8H,1,4-5H2,2H3,(H,9,10,11). The Labute approximate surface area is 77.8 Å². The fourth-order valence-corrected chi connectivity index (χ4v) is 1.63. The molecule has 0 radical (unpaired) electrons. The summed E-state index contributed by atoms with van der Waals surface area (Å²) in [6.45, 7) is 4.89. The number of hydrogen-bond acceptors (Lipinski definition) is 4. The van der Waals surface area contributed by atoms with Gasteiger partial charge in [0.15, 0.2) is 6.29 Å². The van der Waals surface area contributed by atoms with Gasteiger partial charge in [-0.05, 0) is 6.42 Å². The van der Waals surface area contributed by atoms with Gasteiger partial charge >= 0.3 is 0 Å². The second-order valence-electron chi connectivity index (χ2n) is 2.47. The van der Waals surface area contributed by atoms with Crippen molar-refractivity contribution >= 4 is 10.1 Å². The predicted octanol–water partition coefficient (Wildman–Crippen LogP) is 0.174. The van der Waals surface area contributed by atoms with Gasteiger partial charge < -0.3 is 9.84 Å². The number of aliphatic hydroxyl groups excluding tert-OH is 1. The van der Waals surface area contributed by atoms with Gasteiger partial charge in [-0.15, -0.1) is 6.58 Å². The second-order valence-corrected chi connectivity index (χ2v) is 4.11. The van der Waals surface area contributed by atoms with E-state index < -0.39 is 21.7 Å². The van der Waals surface area contributed by atoms with Gasteiger partial charge in [0.1, 0.15) is 5.25 Å². The lowest BCUT2D eigenvalue weighted by Crippen LogP contribution is -2.35. The number of aliphatic hydroxyl groups is 1. The molecule has 6 heteroatoms. The third kappa shape index (κ3) is 4.37. The summed E-state index contributed by atoms with van der Waals surface area (Å²) in [4.78, 5) is 0. The van der Waals surface area contributed by atoms with Crippen LogP contribution in [-0.4, -0.2) is 36.2 Å². The van der Waals surface area contributed by atoms with Crippen LogP contribution in [0.4, 0.5) is 0 Å². The van der Waals surface area contributed by atoms with E-state index >= 15 is 0 Å². The lowest BCUT2D eigenvalue weighted by molar-refractivity contribution is -0.0909. The van der Waals surface area contributed by atoms with Gasteiger partial charge in [-0.2, -0.15) is 8.42 Å². The first-order valence-corrected chi connectivity index (χ1v) is 5.30. The molecule has 2 N–H and O–H groups in total. The maximum Gasteiger partial charge on any atom is 0.272 e. The van der Waals surface area contributed by atoms with Crippen LogP contribution in [0.25, 0.3) is 0 Å². The Kier molecular flexibility index (Phi) is 5.16. The van der Waals surface area contributed by atoms with Gasteiger partial charge in [0, 0.05) is 0 Å². The number of rotatable bonds is 6. The van der Waals surface area contributed by atoms with E-state index in [0.717, 1.165) is 0 Å². The predicted molar refractivity (Wildman–Crippen MR) is 47.8 cm³/mol. The van der Waals surface area contributed by atoms with Crippen LogP contribution < -0.4 is 0 Å². The van der Waals surface area contributed by atoms with Crippen molar-refractivity contribution in [3.8, 4) is 0 Å². The smallest absolute Gasteiger partial charge is 0.272 e. The molecule has 0 spiro atoms. The largest absolute Gasteiger partial charge is 0.367 e. The van der Waals surface area contributed by atoms with Gasteiger partial charge in [-0.25, -0.2) is 0 Å². The van der Waals surface area contributed by atoms with Gasteiger partial charge in [0.25, 0.3) is 10.1 Å². The van der Waals surface area contributed by atoms with E-state index in [1.807, 2.05) is 0 Å². The molecule has 0 heterocycles. The quantitative estimate of drug-likeness (QED) is 0.371. The topological polar surface area (TPSA) is 83.8 Å². The molecule has 0 aliphatic rings. The maximum atomic E-state index is 10.7. The SMILES string of the molecule is C=CCOC(O)C(CC)S(=O)(=O)O. The first kappa shape index (κ1) is 12.6. The van der Waals surface area contributed by atoms with E-state index in [1.165, 1.54) is 13.0 Å². The molecule has 2 atom stereocenters. The maximum absolute atomic E-state index is 10.7. The molecule has 0 fully saturated rings. The van der Waals surface area contributed by atoms with E-state index in [4.69, 9.17) is 9.66 Å². The lowest BCUT2D eigenvalue weighted by Gasteiger charge is -2.17. The van der Waals surface area contributed by atoms with Crippen molar-refractivity contribution in [3.05, 3.63) is 12.7 Å². The average molecular weight is 210 g/mol. The third-order valence-corrected chi connectivity index (χ3v) is 2.82. The van der Waals surface area contributed by atoms with Crippen LogP contribution in [0, 0.1) is 0 Å².